The summed E-state index contributed by atoms with van der Waals surface area (Å²) in [5, 5.41) is 0. The highest BCUT2D eigenvalue weighted by Crippen LogP contribution is 2.42. The summed E-state index contributed by atoms with van der Waals surface area (Å²) in [6, 6.07) is 0. The Kier molecular flexibility index (Phi) is 3.35. The smallest absolute Gasteiger partial charge is 0.140 e. The van der Waals surface area contributed by atoms with Gasteiger partial charge in [-0.15, -0.1) is 22.7 Å². The average molecular weight is 331 g/mol. The largest absolute Gasteiger partial charge is 0.299 e. The number of carbonyl (C=O) groups excluding carboxylic acids is 1. The molecule has 0 saturated carbocycles. The zero-order chi connectivity index (χ0) is 15.6. The molecule has 116 valence electrons. The summed E-state index contributed by atoms with van der Waals surface area (Å²) in [5.74, 6) is 0.931. The Morgan fingerprint density at radius 2 is 0.909 bits per heavy atom. The molecule has 2 aliphatic carbocycles. The highest BCUT2D eigenvalue weighted by atomic mass is 32.1. The van der Waals surface area contributed by atoms with Crippen molar-refractivity contribution in [2.24, 2.45) is 11.8 Å². The summed E-state index contributed by atoms with van der Waals surface area (Å²) in [7, 11) is 0. The van der Waals surface area contributed by atoms with Gasteiger partial charge < -0.3 is 0 Å². The van der Waals surface area contributed by atoms with Gasteiger partial charge in [0.2, 0.25) is 0 Å². The van der Waals surface area contributed by atoms with Gasteiger partial charge >= 0.3 is 0 Å². The minimum Gasteiger partial charge on any atom is -0.299 e. The van der Waals surface area contributed by atoms with Crippen molar-refractivity contribution in [3.8, 4) is 0 Å². The molecule has 0 unspecified atom stereocenters. The third-order valence-electron chi connectivity index (χ3n) is 5.65. The minimum atomic E-state index is 0.202. The molecule has 2 bridgehead atoms. The summed E-state index contributed by atoms with van der Waals surface area (Å²) in [6.45, 7) is 8.93. The molecule has 3 heteroatoms. The Balaban J connectivity index is 1.84. The van der Waals surface area contributed by atoms with E-state index in [-0.39, 0.29) is 11.8 Å². The predicted octanol–water partition coefficient (Wildman–Crippen LogP) is 4.74. The van der Waals surface area contributed by atoms with Crippen LogP contribution in [0.4, 0.5) is 0 Å². The molecule has 0 spiro atoms. The third kappa shape index (κ3) is 2.05. The molecule has 0 radical (unpaired) electrons. The van der Waals surface area contributed by atoms with Gasteiger partial charge in [-0.05, 0) is 75.6 Å². The summed E-state index contributed by atoms with van der Waals surface area (Å²) >= 11 is 3.85. The number of hydrogen-bond donors (Lipinski definition) is 0. The van der Waals surface area contributed by atoms with Crippen LogP contribution in [0.25, 0.3) is 0 Å². The molecular weight excluding hydrogens is 308 g/mol. The number of rotatable bonds is 0. The van der Waals surface area contributed by atoms with Crippen molar-refractivity contribution in [1.82, 2.24) is 0 Å². The van der Waals surface area contributed by atoms with Crippen LogP contribution in [-0.4, -0.2) is 5.78 Å². The lowest BCUT2D eigenvalue weighted by Gasteiger charge is -2.15. The molecule has 1 nitrogen and oxygen atoms in total. The maximum absolute atomic E-state index is 13.0. The lowest BCUT2D eigenvalue weighted by Crippen LogP contribution is -2.25. The first-order valence-electron chi connectivity index (χ1n) is 8.15. The Hall–Kier alpha value is -0.930. The number of carbonyl (C=O) groups is 1. The summed E-state index contributed by atoms with van der Waals surface area (Å²) in [6.07, 6.45) is 3.87. The van der Waals surface area contributed by atoms with Gasteiger partial charge in [-0.1, -0.05) is 0 Å². The lowest BCUT2D eigenvalue weighted by atomic mass is 9.88. The number of aryl methyl sites for hydroxylation is 4. The van der Waals surface area contributed by atoms with Gasteiger partial charge in [-0.25, -0.2) is 0 Å². The number of ketones is 1. The van der Waals surface area contributed by atoms with Crippen LogP contribution in [0.2, 0.25) is 0 Å². The Morgan fingerprint density at radius 1 is 0.636 bits per heavy atom. The van der Waals surface area contributed by atoms with E-state index in [1.54, 1.807) is 0 Å². The van der Waals surface area contributed by atoms with Crippen LogP contribution < -0.4 is 0 Å². The summed E-state index contributed by atoms with van der Waals surface area (Å²) in [4.78, 5) is 18.8. The fourth-order valence-corrected chi connectivity index (χ4v) is 6.73. The van der Waals surface area contributed by atoms with Crippen LogP contribution in [0.5, 0.6) is 0 Å². The van der Waals surface area contributed by atoms with Crippen LogP contribution in [0, 0.1) is 39.5 Å². The van der Waals surface area contributed by atoms with Gasteiger partial charge in [0.1, 0.15) is 5.78 Å². The fourth-order valence-electron chi connectivity index (χ4n) is 4.49. The molecule has 0 atom stereocenters. The monoisotopic (exact) mass is 330 g/mol. The highest BCUT2D eigenvalue weighted by molar-refractivity contribution is 7.12. The summed E-state index contributed by atoms with van der Waals surface area (Å²) in [5.41, 5.74) is 5.99. The van der Waals surface area contributed by atoms with Crippen LogP contribution in [0.15, 0.2) is 0 Å². The second-order valence-electron chi connectivity index (χ2n) is 6.96. The first-order chi connectivity index (χ1) is 10.5. The van der Waals surface area contributed by atoms with Gasteiger partial charge in [0, 0.05) is 31.3 Å². The second-order valence-corrected chi connectivity index (χ2v) is 9.81. The molecule has 0 aliphatic heterocycles. The highest BCUT2D eigenvalue weighted by Gasteiger charge is 2.38. The van der Waals surface area contributed by atoms with Crippen LogP contribution >= 0.6 is 22.7 Å². The molecule has 2 aromatic rings. The van der Waals surface area contributed by atoms with E-state index in [1.807, 2.05) is 22.7 Å². The van der Waals surface area contributed by atoms with Crippen LogP contribution in [0.3, 0.4) is 0 Å². The van der Waals surface area contributed by atoms with E-state index < -0.39 is 0 Å². The zero-order valence-corrected chi connectivity index (χ0v) is 15.3. The molecule has 22 heavy (non-hydrogen) atoms. The predicted molar refractivity (Wildman–Crippen MR) is 94.4 cm³/mol. The van der Waals surface area contributed by atoms with Gasteiger partial charge in [0.05, 0.1) is 0 Å². The Labute approximate surface area is 140 Å². The normalized spacial score (nSPS) is 23.7. The molecule has 2 aromatic heterocycles. The van der Waals surface area contributed by atoms with Crippen LogP contribution in [0.1, 0.15) is 41.8 Å². The number of thiophene rings is 2. The first-order valence-corrected chi connectivity index (χ1v) is 9.78. The maximum atomic E-state index is 13.0. The van der Waals surface area contributed by atoms with E-state index in [2.05, 4.69) is 27.7 Å². The van der Waals surface area contributed by atoms with Crippen LogP contribution in [-0.2, 0) is 30.5 Å². The number of Topliss-reactive ketones (excluding diaryl/α,β-unsaturated/α-hetero) is 1. The standard InChI is InChI=1S/C19H22OS2/c1-9-15-5-13-7-17-11(3)22-12(4)18(17)8-14(19(13)20)6-16(15)10(2)21-9/h13-14H,5-8H2,1-4H3. The van der Waals surface area contributed by atoms with E-state index >= 15 is 0 Å². The van der Waals surface area contributed by atoms with Crippen molar-refractivity contribution in [2.75, 3.05) is 0 Å². The van der Waals surface area contributed by atoms with Crippen molar-refractivity contribution in [1.29, 1.82) is 0 Å². The van der Waals surface area contributed by atoms with Gasteiger partial charge in [0.15, 0.2) is 0 Å². The summed E-state index contributed by atoms with van der Waals surface area (Å²) < 4.78 is 0. The maximum Gasteiger partial charge on any atom is 0.140 e. The molecular formula is C19H22OS2. The lowest BCUT2D eigenvalue weighted by molar-refractivity contribution is -0.126. The van der Waals surface area contributed by atoms with Crippen molar-refractivity contribution in [3.05, 3.63) is 41.8 Å². The molecule has 2 heterocycles. The van der Waals surface area contributed by atoms with E-state index in [1.165, 1.54) is 41.8 Å². The molecule has 0 saturated heterocycles. The number of fused-ring (bicyclic) bond motifs is 4. The average Bonchev–Trinajstić information content (AvgIpc) is 2.75. The van der Waals surface area contributed by atoms with Gasteiger partial charge in [-0.2, -0.15) is 0 Å². The topological polar surface area (TPSA) is 17.1 Å². The number of hydrogen-bond acceptors (Lipinski definition) is 3. The van der Waals surface area contributed by atoms with E-state index in [0.717, 1.165) is 25.7 Å². The van der Waals surface area contributed by atoms with Crippen molar-refractivity contribution in [3.63, 3.8) is 0 Å². The molecule has 0 aromatic carbocycles. The minimum absolute atomic E-state index is 0.202. The Bertz CT molecular complexity index is 661. The van der Waals surface area contributed by atoms with Crippen molar-refractivity contribution < 1.29 is 4.79 Å². The van der Waals surface area contributed by atoms with E-state index in [0.29, 0.717) is 5.78 Å². The molecule has 2 aliphatic rings. The van der Waals surface area contributed by atoms with E-state index in [9.17, 15) is 4.79 Å². The van der Waals surface area contributed by atoms with E-state index in [4.69, 9.17) is 0 Å². The van der Waals surface area contributed by atoms with Crippen molar-refractivity contribution in [2.45, 2.75) is 53.4 Å². The molecule has 4 rings (SSSR count). The molecule has 0 amide bonds. The quantitative estimate of drug-likeness (QED) is 0.682. The Morgan fingerprint density at radius 3 is 1.18 bits per heavy atom. The third-order valence-corrected chi connectivity index (χ3v) is 7.86. The zero-order valence-electron chi connectivity index (χ0n) is 13.7. The van der Waals surface area contributed by atoms with Gasteiger partial charge in [0.25, 0.3) is 0 Å². The first kappa shape index (κ1) is 14.6. The molecule has 0 fully saturated rings. The van der Waals surface area contributed by atoms with Gasteiger partial charge in [-0.3, -0.25) is 4.79 Å². The SMILES string of the molecule is Cc1sc(C)c2c1CC1Cc3c(C)sc(C)c3CC(C2)C1=O. The fraction of sp³-hybridized carbons (Fsp3) is 0.526. The second kappa shape index (κ2) is 5.04. The molecule has 0 N–H and O–H groups in total. The van der Waals surface area contributed by atoms with Crippen molar-refractivity contribution >= 4 is 28.5 Å².